The molecule has 1 unspecified atom stereocenters. The van der Waals surface area contributed by atoms with Crippen molar-refractivity contribution in [2.75, 3.05) is 18.5 Å². The number of nitrogens with two attached hydrogens (primary N) is 1. The van der Waals surface area contributed by atoms with Crippen molar-refractivity contribution in [2.45, 2.75) is 25.3 Å². The molecule has 1 atom stereocenters. The van der Waals surface area contributed by atoms with Crippen LogP contribution in [0, 0.1) is 0 Å². The molecule has 18 heavy (non-hydrogen) atoms. The third-order valence-corrected chi connectivity index (χ3v) is 3.58. The number of rotatable bonds is 3. The molecule has 3 N–H and O–H groups in total. The van der Waals surface area contributed by atoms with Crippen LogP contribution in [-0.4, -0.2) is 23.7 Å². The average Bonchev–Trinajstić information content (AvgIpc) is 2.32. The van der Waals surface area contributed by atoms with Crippen LogP contribution in [0.2, 0.25) is 5.02 Å². The maximum absolute atomic E-state index is 5.97. The van der Waals surface area contributed by atoms with Gasteiger partial charge in [0.1, 0.15) is 4.99 Å². The molecule has 0 aromatic heterocycles. The van der Waals surface area contributed by atoms with Crippen molar-refractivity contribution in [3.8, 4) is 0 Å². The van der Waals surface area contributed by atoms with Gasteiger partial charge < -0.3 is 15.8 Å². The molecule has 0 amide bonds. The quantitative estimate of drug-likeness (QED) is 0.838. The lowest BCUT2D eigenvalue weighted by atomic mass is 9.94. The molecule has 0 bridgehead atoms. The van der Waals surface area contributed by atoms with Crippen molar-refractivity contribution in [1.82, 2.24) is 0 Å². The molecule has 1 aliphatic rings. The number of benzene rings is 1. The van der Waals surface area contributed by atoms with Gasteiger partial charge in [0.05, 0.1) is 12.1 Å². The summed E-state index contributed by atoms with van der Waals surface area (Å²) in [6.07, 6.45) is 2.12. The maximum atomic E-state index is 5.97. The fourth-order valence-corrected chi connectivity index (χ4v) is 2.53. The predicted octanol–water partition coefficient (Wildman–Crippen LogP) is 2.96. The summed E-state index contributed by atoms with van der Waals surface area (Å²) in [5, 5.41) is 4.12. The van der Waals surface area contributed by atoms with Gasteiger partial charge in [-0.25, -0.2) is 0 Å². The summed E-state index contributed by atoms with van der Waals surface area (Å²) >= 11 is 11.0. The minimum atomic E-state index is -0.0778. The lowest BCUT2D eigenvalue weighted by Gasteiger charge is -2.35. The van der Waals surface area contributed by atoms with Crippen molar-refractivity contribution in [3.05, 3.63) is 28.8 Å². The molecule has 5 heteroatoms. The van der Waals surface area contributed by atoms with E-state index in [0.29, 0.717) is 16.6 Å². The van der Waals surface area contributed by atoms with Crippen LogP contribution >= 0.6 is 23.8 Å². The van der Waals surface area contributed by atoms with Gasteiger partial charge in [0.2, 0.25) is 0 Å². The molecule has 2 rings (SSSR count). The molecule has 0 radical (unpaired) electrons. The lowest BCUT2D eigenvalue weighted by molar-refractivity contribution is 0.0540. The van der Waals surface area contributed by atoms with E-state index in [9.17, 15) is 0 Å². The van der Waals surface area contributed by atoms with E-state index in [-0.39, 0.29) is 5.54 Å². The fraction of sp³-hybridized carbons (Fsp3) is 0.462. The van der Waals surface area contributed by atoms with E-state index < -0.39 is 0 Å². The van der Waals surface area contributed by atoms with Gasteiger partial charge >= 0.3 is 0 Å². The number of anilines is 1. The van der Waals surface area contributed by atoms with Gasteiger partial charge in [-0.15, -0.1) is 0 Å². The van der Waals surface area contributed by atoms with E-state index in [1.807, 2.05) is 12.1 Å². The van der Waals surface area contributed by atoms with E-state index in [1.54, 1.807) is 6.07 Å². The Bertz CT molecular complexity index is 458. The predicted molar refractivity (Wildman–Crippen MR) is 79.4 cm³/mol. The van der Waals surface area contributed by atoms with Crippen LogP contribution in [0.15, 0.2) is 18.2 Å². The minimum absolute atomic E-state index is 0.0778. The Kier molecular flexibility index (Phi) is 4.10. The second-order valence-corrected chi connectivity index (χ2v) is 5.77. The maximum Gasteiger partial charge on any atom is 0.106 e. The highest BCUT2D eigenvalue weighted by Gasteiger charge is 2.28. The summed E-state index contributed by atoms with van der Waals surface area (Å²) in [7, 11) is 0. The summed E-state index contributed by atoms with van der Waals surface area (Å²) in [6.45, 7) is 3.66. The Morgan fingerprint density at radius 2 is 2.33 bits per heavy atom. The molecule has 0 saturated carbocycles. The van der Waals surface area contributed by atoms with E-state index in [1.165, 1.54) is 0 Å². The van der Waals surface area contributed by atoms with Crippen LogP contribution in [-0.2, 0) is 4.74 Å². The average molecular weight is 285 g/mol. The fourth-order valence-electron chi connectivity index (χ4n) is 2.19. The number of hydrogen-bond donors (Lipinski definition) is 2. The van der Waals surface area contributed by atoms with Gasteiger partial charge in [0.25, 0.3) is 0 Å². The van der Waals surface area contributed by atoms with Crippen molar-refractivity contribution >= 4 is 34.5 Å². The van der Waals surface area contributed by atoms with Gasteiger partial charge in [-0.1, -0.05) is 23.8 Å². The van der Waals surface area contributed by atoms with Crippen molar-refractivity contribution in [2.24, 2.45) is 5.73 Å². The number of halogens is 1. The van der Waals surface area contributed by atoms with Crippen LogP contribution in [0.1, 0.15) is 25.3 Å². The van der Waals surface area contributed by atoms with Crippen LogP contribution < -0.4 is 11.1 Å². The number of thiocarbonyl (C=S) groups is 1. The van der Waals surface area contributed by atoms with Crippen LogP contribution in [0.5, 0.6) is 0 Å². The molecule has 1 fully saturated rings. The molecule has 1 heterocycles. The first-order valence-electron chi connectivity index (χ1n) is 5.95. The Hall–Kier alpha value is -0.840. The van der Waals surface area contributed by atoms with Gasteiger partial charge in [0, 0.05) is 22.9 Å². The van der Waals surface area contributed by atoms with E-state index >= 15 is 0 Å². The molecule has 3 nitrogen and oxygen atoms in total. The molecule has 0 aliphatic carbocycles. The Morgan fingerprint density at radius 1 is 1.56 bits per heavy atom. The molecule has 1 aromatic rings. The number of nitrogens with one attached hydrogen (secondary N) is 1. The van der Waals surface area contributed by atoms with Gasteiger partial charge in [-0.3, -0.25) is 0 Å². The zero-order valence-corrected chi connectivity index (χ0v) is 11.9. The number of hydrogen-bond acceptors (Lipinski definition) is 3. The summed E-state index contributed by atoms with van der Waals surface area (Å²) in [5.74, 6) is 0. The second-order valence-electron chi connectivity index (χ2n) is 4.90. The topological polar surface area (TPSA) is 47.3 Å². The molecule has 1 aromatic carbocycles. The third kappa shape index (κ3) is 3.13. The summed E-state index contributed by atoms with van der Waals surface area (Å²) in [6, 6.07) is 5.54. The molecular weight excluding hydrogens is 268 g/mol. The van der Waals surface area contributed by atoms with E-state index in [0.717, 1.165) is 30.7 Å². The minimum Gasteiger partial charge on any atom is -0.389 e. The first-order chi connectivity index (χ1) is 8.50. The monoisotopic (exact) mass is 284 g/mol. The SMILES string of the molecule is CC1(Nc2ccc(Cl)cc2C(N)=S)CCCOC1. The highest BCUT2D eigenvalue weighted by Crippen LogP contribution is 2.28. The summed E-state index contributed by atoms with van der Waals surface area (Å²) < 4.78 is 5.53. The standard InChI is InChI=1S/C13H17ClN2OS/c1-13(5-2-6-17-8-13)16-11-4-3-9(14)7-10(11)12(15)18/h3-4,7,16H,2,5-6,8H2,1H3,(H2,15,18). The van der Waals surface area contributed by atoms with Crippen LogP contribution in [0.25, 0.3) is 0 Å². The Labute approximate surface area is 118 Å². The molecule has 98 valence electrons. The van der Waals surface area contributed by atoms with Gasteiger partial charge in [0.15, 0.2) is 0 Å². The first-order valence-corrected chi connectivity index (χ1v) is 6.74. The highest BCUT2D eigenvalue weighted by atomic mass is 35.5. The van der Waals surface area contributed by atoms with Gasteiger partial charge in [-0.05, 0) is 38.0 Å². The zero-order valence-electron chi connectivity index (χ0n) is 10.3. The molecular formula is C13H17ClN2OS. The molecule has 0 spiro atoms. The first kappa shape index (κ1) is 13.6. The summed E-state index contributed by atoms with van der Waals surface area (Å²) in [4.78, 5) is 0.348. The smallest absolute Gasteiger partial charge is 0.106 e. The normalized spacial score (nSPS) is 23.7. The van der Waals surface area contributed by atoms with E-state index in [2.05, 4.69) is 12.2 Å². The summed E-state index contributed by atoms with van der Waals surface area (Å²) in [5.41, 5.74) is 7.35. The van der Waals surface area contributed by atoms with Crippen molar-refractivity contribution in [3.63, 3.8) is 0 Å². The molecule has 1 saturated heterocycles. The highest BCUT2D eigenvalue weighted by molar-refractivity contribution is 7.80. The van der Waals surface area contributed by atoms with Crippen molar-refractivity contribution < 1.29 is 4.74 Å². The largest absolute Gasteiger partial charge is 0.389 e. The third-order valence-electron chi connectivity index (χ3n) is 3.12. The van der Waals surface area contributed by atoms with E-state index in [4.69, 9.17) is 34.3 Å². The molecule has 1 aliphatic heterocycles. The zero-order chi connectivity index (χ0) is 13.2. The van der Waals surface area contributed by atoms with Crippen LogP contribution in [0.3, 0.4) is 0 Å². The second kappa shape index (κ2) is 5.43. The van der Waals surface area contributed by atoms with Crippen LogP contribution in [0.4, 0.5) is 5.69 Å². The van der Waals surface area contributed by atoms with Gasteiger partial charge in [-0.2, -0.15) is 0 Å². The number of ether oxygens (including phenoxy) is 1. The Balaban J connectivity index is 2.25. The lowest BCUT2D eigenvalue weighted by Crippen LogP contribution is -2.43. The Morgan fingerprint density at radius 3 is 2.94 bits per heavy atom. The van der Waals surface area contributed by atoms with Crippen molar-refractivity contribution in [1.29, 1.82) is 0 Å².